The predicted octanol–water partition coefficient (Wildman–Crippen LogP) is 3.99. The number of amides is 1. The highest BCUT2D eigenvalue weighted by Gasteiger charge is 2.14. The van der Waals surface area contributed by atoms with Crippen LogP contribution in [0.5, 0.6) is 0 Å². The summed E-state index contributed by atoms with van der Waals surface area (Å²) in [6.07, 6.45) is 4.15. The molecule has 19 heavy (non-hydrogen) atoms. The number of anilines is 1. The SMILES string of the molecule is C=CC(CC)C(=O)Nc1ccc(I)c2cccnc12. The van der Waals surface area contributed by atoms with Crippen molar-refractivity contribution >= 4 is 45.1 Å². The zero-order valence-corrected chi connectivity index (χ0v) is 12.8. The minimum Gasteiger partial charge on any atom is -0.324 e. The van der Waals surface area contributed by atoms with Crippen molar-refractivity contribution in [2.24, 2.45) is 5.92 Å². The summed E-state index contributed by atoms with van der Waals surface area (Å²) in [5.74, 6) is -0.205. The Morgan fingerprint density at radius 1 is 1.53 bits per heavy atom. The molecule has 1 N–H and O–H groups in total. The minimum absolute atomic E-state index is 0.0364. The van der Waals surface area contributed by atoms with Crippen molar-refractivity contribution in [2.75, 3.05) is 5.32 Å². The maximum absolute atomic E-state index is 12.1. The lowest BCUT2D eigenvalue weighted by Crippen LogP contribution is -2.20. The molecule has 1 aromatic carbocycles. The Morgan fingerprint density at radius 2 is 2.32 bits per heavy atom. The largest absolute Gasteiger partial charge is 0.324 e. The highest BCUT2D eigenvalue weighted by molar-refractivity contribution is 14.1. The van der Waals surface area contributed by atoms with Crippen LogP contribution in [0.2, 0.25) is 0 Å². The van der Waals surface area contributed by atoms with Crippen LogP contribution in [-0.2, 0) is 4.79 Å². The Balaban J connectivity index is 2.39. The Labute approximate surface area is 126 Å². The van der Waals surface area contributed by atoms with Gasteiger partial charge < -0.3 is 5.32 Å². The first-order valence-corrected chi connectivity index (χ1v) is 7.22. The predicted molar refractivity (Wildman–Crippen MR) is 87.1 cm³/mol. The third-order valence-corrected chi connectivity index (χ3v) is 3.98. The molecule has 1 heterocycles. The standard InChI is InChI=1S/C15H15IN2O/c1-3-10(4-2)15(19)18-13-8-7-12(16)11-6-5-9-17-14(11)13/h3,5-10H,1,4H2,2H3,(H,18,19). The van der Waals surface area contributed by atoms with Crippen LogP contribution in [0.4, 0.5) is 5.69 Å². The molecule has 98 valence electrons. The highest BCUT2D eigenvalue weighted by atomic mass is 127. The summed E-state index contributed by atoms with van der Waals surface area (Å²) in [6, 6.07) is 7.78. The van der Waals surface area contributed by atoms with E-state index in [1.54, 1.807) is 12.3 Å². The zero-order chi connectivity index (χ0) is 13.8. The van der Waals surface area contributed by atoms with Crippen LogP contribution in [-0.4, -0.2) is 10.9 Å². The topological polar surface area (TPSA) is 42.0 Å². The summed E-state index contributed by atoms with van der Waals surface area (Å²) in [4.78, 5) is 16.5. The lowest BCUT2D eigenvalue weighted by molar-refractivity contribution is -0.118. The molecular weight excluding hydrogens is 351 g/mol. The van der Waals surface area contributed by atoms with Crippen LogP contribution in [0.3, 0.4) is 0 Å². The minimum atomic E-state index is -0.168. The van der Waals surface area contributed by atoms with E-state index in [1.165, 1.54) is 0 Å². The van der Waals surface area contributed by atoms with Gasteiger partial charge in [-0.15, -0.1) is 6.58 Å². The summed E-state index contributed by atoms with van der Waals surface area (Å²) in [5.41, 5.74) is 1.57. The Hall–Kier alpha value is -1.43. The maximum atomic E-state index is 12.1. The average Bonchev–Trinajstić information content (AvgIpc) is 2.44. The number of nitrogens with one attached hydrogen (secondary N) is 1. The number of hydrogen-bond donors (Lipinski definition) is 1. The van der Waals surface area contributed by atoms with Crippen LogP contribution >= 0.6 is 22.6 Å². The van der Waals surface area contributed by atoms with E-state index >= 15 is 0 Å². The number of pyridine rings is 1. The van der Waals surface area contributed by atoms with Gasteiger partial charge in [-0.25, -0.2) is 0 Å². The van der Waals surface area contributed by atoms with Gasteiger partial charge in [0.2, 0.25) is 5.91 Å². The second kappa shape index (κ2) is 6.14. The second-order valence-corrected chi connectivity index (χ2v) is 5.40. The van der Waals surface area contributed by atoms with E-state index < -0.39 is 0 Å². The van der Waals surface area contributed by atoms with Crippen molar-refractivity contribution in [2.45, 2.75) is 13.3 Å². The monoisotopic (exact) mass is 366 g/mol. The molecule has 1 amide bonds. The quantitative estimate of drug-likeness (QED) is 0.657. The van der Waals surface area contributed by atoms with E-state index in [1.807, 2.05) is 31.2 Å². The molecule has 1 aromatic heterocycles. The number of rotatable bonds is 4. The first kappa shape index (κ1) is 14.0. The molecule has 4 heteroatoms. The molecule has 0 spiro atoms. The Kier molecular flexibility index (Phi) is 4.52. The molecule has 1 atom stereocenters. The van der Waals surface area contributed by atoms with Crippen LogP contribution < -0.4 is 5.32 Å². The number of carbonyl (C=O) groups is 1. The molecule has 2 aromatic rings. The van der Waals surface area contributed by atoms with Gasteiger partial charge in [0.05, 0.1) is 17.1 Å². The number of fused-ring (bicyclic) bond motifs is 1. The van der Waals surface area contributed by atoms with E-state index in [-0.39, 0.29) is 11.8 Å². The van der Waals surface area contributed by atoms with Crippen LogP contribution in [0, 0.1) is 9.49 Å². The number of carbonyl (C=O) groups excluding carboxylic acids is 1. The van der Waals surface area contributed by atoms with Gasteiger partial charge in [0.1, 0.15) is 0 Å². The molecule has 0 saturated carbocycles. The first-order valence-electron chi connectivity index (χ1n) is 6.14. The number of nitrogens with zero attached hydrogens (tertiary/aromatic N) is 1. The fraction of sp³-hybridized carbons (Fsp3) is 0.200. The van der Waals surface area contributed by atoms with Gasteiger partial charge in [-0.05, 0) is 47.2 Å². The lowest BCUT2D eigenvalue weighted by Gasteiger charge is -2.12. The Morgan fingerprint density at radius 3 is 3.00 bits per heavy atom. The molecule has 0 saturated heterocycles. The van der Waals surface area contributed by atoms with E-state index in [0.717, 1.165) is 26.6 Å². The summed E-state index contributed by atoms with van der Waals surface area (Å²) >= 11 is 2.27. The molecule has 3 nitrogen and oxygen atoms in total. The van der Waals surface area contributed by atoms with E-state index in [2.05, 4.69) is 39.5 Å². The molecule has 0 aliphatic rings. The summed E-state index contributed by atoms with van der Waals surface area (Å²) in [5, 5.41) is 3.99. The second-order valence-electron chi connectivity index (χ2n) is 4.23. The molecule has 0 radical (unpaired) electrons. The third-order valence-electron chi connectivity index (χ3n) is 3.04. The van der Waals surface area contributed by atoms with Crippen molar-refractivity contribution in [3.8, 4) is 0 Å². The molecule has 1 unspecified atom stereocenters. The first-order chi connectivity index (χ1) is 9.17. The van der Waals surface area contributed by atoms with E-state index in [4.69, 9.17) is 0 Å². The fourth-order valence-corrected chi connectivity index (χ4v) is 2.54. The lowest BCUT2D eigenvalue weighted by atomic mass is 10.1. The maximum Gasteiger partial charge on any atom is 0.231 e. The third kappa shape index (κ3) is 2.94. The van der Waals surface area contributed by atoms with Gasteiger partial charge in [0.15, 0.2) is 0 Å². The molecule has 0 bridgehead atoms. The number of halogens is 1. The van der Waals surface area contributed by atoms with Crippen molar-refractivity contribution < 1.29 is 4.79 Å². The van der Waals surface area contributed by atoms with Crippen molar-refractivity contribution in [1.29, 1.82) is 0 Å². The summed E-state index contributed by atoms with van der Waals surface area (Å²) in [6.45, 7) is 5.66. The van der Waals surface area contributed by atoms with Crippen LogP contribution in [0.25, 0.3) is 10.9 Å². The van der Waals surface area contributed by atoms with Gasteiger partial charge in [-0.1, -0.05) is 19.1 Å². The molecular formula is C15H15IN2O. The molecule has 2 rings (SSSR count). The Bertz CT molecular complexity index is 625. The van der Waals surface area contributed by atoms with E-state index in [9.17, 15) is 4.79 Å². The van der Waals surface area contributed by atoms with Crippen molar-refractivity contribution in [3.05, 3.63) is 46.7 Å². The van der Waals surface area contributed by atoms with Crippen molar-refractivity contribution in [1.82, 2.24) is 4.98 Å². The smallest absolute Gasteiger partial charge is 0.231 e. The zero-order valence-electron chi connectivity index (χ0n) is 10.7. The average molecular weight is 366 g/mol. The number of benzene rings is 1. The molecule has 0 fully saturated rings. The summed E-state index contributed by atoms with van der Waals surface area (Å²) in [7, 11) is 0. The normalized spacial score (nSPS) is 12.1. The van der Waals surface area contributed by atoms with Crippen molar-refractivity contribution in [3.63, 3.8) is 0 Å². The van der Waals surface area contributed by atoms with Gasteiger partial charge in [0.25, 0.3) is 0 Å². The van der Waals surface area contributed by atoms with Crippen LogP contribution in [0.15, 0.2) is 43.1 Å². The van der Waals surface area contributed by atoms with E-state index in [0.29, 0.717) is 0 Å². The fourth-order valence-electron chi connectivity index (χ4n) is 1.92. The number of hydrogen-bond acceptors (Lipinski definition) is 2. The van der Waals surface area contributed by atoms with Gasteiger partial charge in [0, 0.05) is 15.2 Å². The number of aromatic nitrogens is 1. The highest BCUT2D eigenvalue weighted by Crippen LogP contribution is 2.26. The molecule has 0 aliphatic carbocycles. The van der Waals surface area contributed by atoms with Gasteiger partial charge in [-0.3, -0.25) is 9.78 Å². The molecule has 0 aliphatic heterocycles. The van der Waals surface area contributed by atoms with Crippen LogP contribution in [0.1, 0.15) is 13.3 Å². The van der Waals surface area contributed by atoms with Gasteiger partial charge >= 0.3 is 0 Å². The summed E-state index contributed by atoms with van der Waals surface area (Å²) < 4.78 is 1.12. The van der Waals surface area contributed by atoms with Gasteiger partial charge in [-0.2, -0.15) is 0 Å².